The second kappa shape index (κ2) is 5.34. The number of Topliss-reactive ketones (excluding diaryl/α,β-unsaturated/α-hetero) is 1. The minimum atomic E-state index is -1.77. The lowest BCUT2D eigenvalue weighted by molar-refractivity contribution is -0.140. The summed E-state index contributed by atoms with van der Waals surface area (Å²) in [6.07, 6.45) is 2.41. The normalized spacial score (nSPS) is 22.0. The summed E-state index contributed by atoms with van der Waals surface area (Å²) in [6.45, 7) is 1.35. The molecule has 9 heteroatoms. The third kappa shape index (κ3) is 2.20. The SMILES string of the molecule is CC(=O)C1(C)C(=O)N(CN=C=O)C(=O)N1CN=C=O. The van der Waals surface area contributed by atoms with Crippen LogP contribution in [0.1, 0.15) is 13.8 Å². The van der Waals surface area contributed by atoms with E-state index in [0.717, 1.165) is 11.8 Å². The molecular formula is C10H10N4O5. The van der Waals surface area contributed by atoms with Crippen molar-refractivity contribution in [2.45, 2.75) is 19.4 Å². The number of hydrogen-bond donors (Lipinski definition) is 0. The number of carbonyl (C=O) groups excluding carboxylic acids is 5. The number of amides is 3. The molecule has 0 radical (unpaired) electrons. The maximum Gasteiger partial charge on any atom is 0.331 e. The van der Waals surface area contributed by atoms with Crippen molar-refractivity contribution in [1.82, 2.24) is 9.80 Å². The largest absolute Gasteiger partial charge is 0.331 e. The molecule has 0 aromatic heterocycles. The van der Waals surface area contributed by atoms with Gasteiger partial charge in [0, 0.05) is 0 Å². The molecule has 0 aliphatic carbocycles. The molecule has 0 bridgehead atoms. The van der Waals surface area contributed by atoms with Crippen molar-refractivity contribution < 1.29 is 24.0 Å². The quantitative estimate of drug-likeness (QED) is 0.279. The van der Waals surface area contributed by atoms with E-state index in [0.29, 0.717) is 4.90 Å². The van der Waals surface area contributed by atoms with E-state index in [9.17, 15) is 24.0 Å². The van der Waals surface area contributed by atoms with Gasteiger partial charge in [-0.25, -0.2) is 19.3 Å². The smallest absolute Gasteiger partial charge is 0.297 e. The first kappa shape index (κ1) is 14.4. The molecule has 1 rings (SSSR count). The molecule has 1 heterocycles. The van der Waals surface area contributed by atoms with E-state index in [1.165, 1.54) is 19.1 Å². The lowest BCUT2D eigenvalue weighted by Crippen LogP contribution is -2.52. The Morgan fingerprint density at radius 2 is 1.74 bits per heavy atom. The summed E-state index contributed by atoms with van der Waals surface area (Å²) in [7, 11) is 0. The van der Waals surface area contributed by atoms with Crippen molar-refractivity contribution in [3.8, 4) is 0 Å². The van der Waals surface area contributed by atoms with Crippen LogP contribution in [0.25, 0.3) is 0 Å². The van der Waals surface area contributed by atoms with Gasteiger partial charge in [-0.2, -0.15) is 9.98 Å². The average Bonchev–Trinajstić information content (AvgIpc) is 2.55. The molecule has 3 amide bonds. The minimum absolute atomic E-state index is 0.481. The molecule has 1 fully saturated rings. The van der Waals surface area contributed by atoms with E-state index in [-0.39, 0.29) is 0 Å². The zero-order valence-corrected chi connectivity index (χ0v) is 10.2. The number of nitrogens with zero attached hydrogens (tertiary/aromatic N) is 4. The minimum Gasteiger partial charge on any atom is -0.297 e. The van der Waals surface area contributed by atoms with E-state index in [4.69, 9.17) is 0 Å². The van der Waals surface area contributed by atoms with Crippen LogP contribution in [0.15, 0.2) is 9.98 Å². The zero-order valence-electron chi connectivity index (χ0n) is 10.2. The molecule has 100 valence electrons. The lowest BCUT2D eigenvalue weighted by atomic mass is 9.96. The summed E-state index contributed by atoms with van der Waals surface area (Å²) in [5, 5.41) is 0. The van der Waals surface area contributed by atoms with Crippen LogP contribution in [-0.2, 0) is 19.2 Å². The van der Waals surface area contributed by atoms with Gasteiger partial charge in [0.15, 0.2) is 11.3 Å². The Balaban J connectivity index is 3.23. The van der Waals surface area contributed by atoms with Crippen molar-refractivity contribution in [3.63, 3.8) is 0 Å². The fourth-order valence-electron chi connectivity index (χ4n) is 1.67. The predicted octanol–water partition coefficient (Wildman–Crippen LogP) is -0.815. The van der Waals surface area contributed by atoms with Gasteiger partial charge in [0.1, 0.15) is 13.3 Å². The number of aliphatic imine (C=N–C) groups is 2. The van der Waals surface area contributed by atoms with Crippen molar-refractivity contribution in [3.05, 3.63) is 0 Å². The molecule has 0 spiro atoms. The van der Waals surface area contributed by atoms with Crippen LogP contribution >= 0.6 is 0 Å². The Labute approximate surface area is 107 Å². The van der Waals surface area contributed by atoms with Gasteiger partial charge in [-0.1, -0.05) is 0 Å². The fourth-order valence-corrected chi connectivity index (χ4v) is 1.67. The third-order valence-corrected chi connectivity index (χ3v) is 2.90. The second-order valence-electron chi connectivity index (χ2n) is 3.85. The Morgan fingerprint density at radius 1 is 1.21 bits per heavy atom. The van der Waals surface area contributed by atoms with Gasteiger partial charge in [-0.05, 0) is 13.8 Å². The summed E-state index contributed by atoms with van der Waals surface area (Å²) in [5.41, 5.74) is -1.77. The van der Waals surface area contributed by atoms with Gasteiger partial charge in [-0.15, -0.1) is 0 Å². The Kier molecular flexibility index (Phi) is 4.06. The lowest BCUT2D eigenvalue weighted by Gasteiger charge is -2.26. The molecule has 9 nitrogen and oxygen atoms in total. The average molecular weight is 266 g/mol. The molecule has 1 saturated heterocycles. The third-order valence-electron chi connectivity index (χ3n) is 2.90. The highest BCUT2D eigenvalue weighted by molar-refractivity contribution is 6.19. The van der Waals surface area contributed by atoms with Gasteiger partial charge in [0.05, 0.1) is 0 Å². The number of imide groups is 1. The topological polar surface area (TPSA) is 117 Å². The van der Waals surface area contributed by atoms with Gasteiger partial charge >= 0.3 is 6.03 Å². The molecule has 1 aliphatic heterocycles. The number of isocyanates is 2. The number of ketones is 1. The molecule has 19 heavy (non-hydrogen) atoms. The van der Waals surface area contributed by atoms with Crippen LogP contribution in [-0.4, -0.2) is 58.6 Å². The molecule has 0 aromatic rings. The Hall–Kier alpha value is -2.63. The molecular weight excluding hydrogens is 256 g/mol. The first-order valence-electron chi connectivity index (χ1n) is 5.13. The van der Waals surface area contributed by atoms with Crippen LogP contribution in [0.3, 0.4) is 0 Å². The van der Waals surface area contributed by atoms with Crippen LogP contribution in [0.4, 0.5) is 4.79 Å². The summed E-state index contributed by atoms with van der Waals surface area (Å²) in [4.78, 5) is 63.5. The number of rotatable bonds is 5. The Morgan fingerprint density at radius 3 is 2.21 bits per heavy atom. The maximum absolute atomic E-state index is 12.1. The van der Waals surface area contributed by atoms with Crippen molar-refractivity contribution >= 4 is 29.9 Å². The van der Waals surface area contributed by atoms with Gasteiger partial charge in [-0.3, -0.25) is 14.5 Å². The molecule has 0 aromatic carbocycles. The summed E-state index contributed by atoms with van der Waals surface area (Å²) in [6, 6.07) is -0.860. The van der Waals surface area contributed by atoms with E-state index in [1.54, 1.807) is 0 Å². The zero-order chi connectivity index (χ0) is 14.6. The standard InChI is InChI=1S/C10H10N4O5/c1-7(17)10(2)8(18)13(3-11-5-15)9(19)14(10)4-12-6-16/h3-4H2,1-2H3. The van der Waals surface area contributed by atoms with Crippen molar-refractivity contribution in [2.75, 3.05) is 13.3 Å². The van der Waals surface area contributed by atoms with E-state index in [2.05, 4.69) is 9.98 Å². The summed E-state index contributed by atoms with van der Waals surface area (Å²) >= 11 is 0. The van der Waals surface area contributed by atoms with Crippen molar-refractivity contribution in [2.24, 2.45) is 9.98 Å². The van der Waals surface area contributed by atoms with Crippen LogP contribution < -0.4 is 0 Å². The van der Waals surface area contributed by atoms with Crippen LogP contribution in [0.2, 0.25) is 0 Å². The fraction of sp³-hybridized carbons (Fsp3) is 0.500. The highest BCUT2D eigenvalue weighted by Crippen LogP contribution is 2.28. The second-order valence-corrected chi connectivity index (χ2v) is 3.85. The predicted molar refractivity (Wildman–Crippen MR) is 59.1 cm³/mol. The first-order chi connectivity index (χ1) is 8.91. The molecule has 1 unspecified atom stereocenters. The van der Waals surface area contributed by atoms with E-state index < -0.39 is 36.6 Å². The van der Waals surface area contributed by atoms with E-state index in [1.807, 2.05) is 0 Å². The number of urea groups is 1. The molecule has 0 saturated carbocycles. The highest BCUT2D eigenvalue weighted by Gasteiger charge is 2.57. The number of carbonyl (C=O) groups is 3. The van der Waals surface area contributed by atoms with Crippen LogP contribution in [0.5, 0.6) is 0 Å². The molecule has 0 N–H and O–H groups in total. The molecule has 1 atom stereocenters. The Bertz CT molecular complexity index is 532. The maximum atomic E-state index is 12.1. The van der Waals surface area contributed by atoms with Gasteiger partial charge in [0.25, 0.3) is 5.91 Å². The summed E-state index contributed by atoms with van der Waals surface area (Å²) < 4.78 is 0. The highest BCUT2D eigenvalue weighted by atomic mass is 16.2. The van der Waals surface area contributed by atoms with E-state index >= 15 is 0 Å². The summed E-state index contributed by atoms with van der Waals surface area (Å²) in [5.74, 6) is -1.42. The number of hydrogen-bond acceptors (Lipinski definition) is 7. The van der Waals surface area contributed by atoms with Gasteiger partial charge < -0.3 is 0 Å². The monoisotopic (exact) mass is 266 g/mol. The first-order valence-corrected chi connectivity index (χ1v) is 5.13. The molecule has 1 aliphatic rings. The van der Waals surface area contributed by atoms with Crippen LogP contribution in [0, 0.1) is 0 Å². The van der Waals surface area contributed by atoms with Crippen molar-refractivity contribution in [1.29, 1.82) is 0 Å². The van der Waals surface area contributed by atoms with Gasteiger partial charge in [0.2, 0.25) is 12.2 Å².